The number of aryl methyl sites for hydroxylation is 4. The number of unbranched alkanes of at least 4 members (excludes halogenated alkanes) is 1. The fourth-order valence-corrected chi connectivity index (χ4v) is 5.56. The summed E-state index contributed by atoms with van der Waals surface area (Å²) in [5.74, 6) is 1.33. The summed E-state index contributed by atoms with van der Waals surface area (Å²) in [6.45, 7) is 28.2. The summed E-state index contributed by atoms with van der Waals surface area (Å²) in [5, 5.41) is 0.593. The van der Waals surface area contributed by atoms with Crippen LogP contribution in [0.15, 0.2) is 90.5 Å². The van der Waals surface area contributed by atoms with Crippen LogP contribution in [0.1, 0.15) is 108 Å². The van der Waals surface area contributed by atoms with Crippen molar-refractivity contribution < 1.29 is 0 Å². The maximum absolute atomic E-state index is 4.18. The second-order valence-electron chi connectivity index (χ2n) is 12.8. The molecule has 2 heteroatoms. The molecule has 0 aliphatic heterocycles. The Balaban J connectivity index is 0.000000747. The highest BCUT2D eigenvalue weighted by atomic mass is 32.2. The predicted octanol–water partition coefficient (Wildman–Crippen LogP) is 14.0. The van der Waals surface area contributed by atoms with Crippen LogP contribution >= 0.6 is 24.4 Å². The third-order valence-electron chi connectivity index (χ3n) is 8.26. The lowest BCUT2D eigenvalue weighted by Crippen LogP contribution is -2.13. The number of hydrogen-bond acceptors (Lipinski definition) is 2. The summed E-state index contributed by atoms with van der Waals surface area (Å²) in [7, 11) is 0. The molecule has 0 aliphatic carbocycles. The van der Waals surface area contributed by atoms with Gasteiger partial charge in [-0.15, -0.1) is 0 Å². The lowest BCUT2D eigenvalue weighted by atomic mass is 9.79. The van der Waals surface area contributed by atoms with Crippen molar-refractivity contribution in [1.82, 2.24) is 0 Å². The van der Waals surface area contributed by atoms with Crippen LogP contribution in [0.4, 0.5) is 0 Å². The van der Waals surface area contributed by atoms with Gasteiger partial charge in [-0.3, -0.25) is 0 Å². The smallest absolute Gasteiger partial charge is 0.00571 e. The monoisotopic (exact) mass is 646 g/mol. The highest BCUT2D eigenvalue weighted by Crippen LogP contribution is 2.33. The minimum absolute atomic E-state index is 0.0992. The molecule has 0 heterocycles. The maximum atomic E-state index is 4.18. The van der Waals surface area contributed by atoms with Crippen molar-refractivity contribution in [3.05, 3.63) is 118 Å². The van der Waals surface area contributed by atoms with E-state index in [2.05, 4.69) is 174 Å². The molecule has 3 rings (SSSR count). The van der Waals surface area contributed by atoms with Crippen molar-refractivity contribution in [3.63, 3.8) is 0 Å². The van der Waals surface area contributed by atoms with Gasteiger partial charge in [0, 0.05) is 5.41 Å². The van der Waals surface area contributed by atoms with Crippen LogP contribution in [0.25, 0.3) is 11.1 Å². The van der Waals surface area contributed by atoms with Gasteiger partial charge in [0.15, 0.2) is 0 Å². The van der Waals surface area contributed by atoms with Gasteiger partial charge in [0.25, 0.3) is 0 Å². The minimum Gasteiger partial charge on any atom is -0.176 e. The Labute approximate surface area is 290 Å². The molecule has 250 valence electrons. The summed E-state index contributed by atoms with van der Waals surface area (Å²) in [6.07, 6.45) is 11.8. The average Bonchev–Trinajstić information content (AvgIpc) is 3.00. The Bertz CT molecular complexity index is 1250. The van der Waals surface area contributed by atoms with Crippen molar-refractivity contribution in [2.75, 3.05) is 12.0 Å². The summed E-state index contributed by atoms with van der Waals surface area (Å²) in [6, 6.07) is 23.9. The summed E-state index contributed by atoms with van der Waals surface area (Å²) < 4.78 is 0. The van der Waals surface area contributed by atoms with Crippen LogP contribution in [-0.2, 0) is 6.42 Å². The van der Waals surface area contributed by atoms with E-state index in [1.54, 1.807) is 0 Å². The van der Waals surface area contributed by atoms with E-state index in [1.165, 1.54) is 81.5 Å². The molecule has 0 saturated carbocycles. The number of allylic oxidation sites excluding steroid dienone is 3. The number of benzene rings is 3. The molecule has 0 amide bonds. The van der Waals surface area contributed by atoms with E-state index in [1.807, 2.05) is 11.8 Å². The lowest BCUT2D eigenvalue weighted by Gasteiger charge is -2.26. The summed E-state index contributed by atoms with van der Waals surface area (Å²) in [5.41, 5.74) is 12.2. The van der Waals surface area contributed by atoms with Crippen molar-refractivity contribution in [1.29, 1.82) is 0 Å². The van der Waals surface area contributed by atoms with Crippen LogP contribution in [0.5, 0.6) is 0 Å². The zero-order chi connectivity index (χ0) is 34.4. The number of rotatable bonds is 11. The van der Waals surface area contributed by atoms with E-state index in [9.17, 15) is 0 Å². The predicted molar refractivity (Wildman–Crippen MR) is 215 cm³/mol. The second kappa shape index (κ2) is 24.1. The normalized spacial score (nSPS) is 12.7. The molecule has 0 fully saturated rings. The van der Waals surface area contributed by atoms with Gasteiger partial charge in [0.05, 0.1) is 0 Å². The van der Waals surface area contributed by atoms with Crippen LogP contribution in [0.3, 0.4) is 0 Å². The topological polar surface area (TPSA) is 0 Å². The van der Waals surface area contributed by atoms with Crippen LogP contribution in [-0.4, -0.2) is 17.3 Å². The molecule has 0 spiro atoms. The number of thioether (sulfide) groups is 1. The van der Waals surface area contributed by atoms with Gasteiger partial charge in [-0.2, -0.15) is 24.4 Å². The Hall–Kier alpha value is -2.16. The van der Waals surface area contributed by atoms with Crippen LogP contribution in [0, 0.1) is 33.1 Å². The lowest BCUT2D eigenvalue weighted by molar-refractivity contribution is 0.492. The molecule has 3 aromatic rings. The van der Waals surface area contributed by atoms with Gasteiger partial charge in [-0.1, -0.05) is 144 Å². The zero-order valence-electron chi connectivity index (χ0n) is 31.0. The van der Waals surface area contributed by atoms with E-state index in [4.69, 9.17) is 0 Å². The molecule has 3 aromatic carbocycles. The van der Waals surface area contributed by atoms with Gasteiger partial charge in [0.1, 0.15) is 0 Å². The maximum Gasteiger partial charge on any atom is 0.00571 e. The molecular formula is C43H66S2. The third kappa shape index (κ3) is 18.5. The first-order chi connectivity index (χ1) is 21.2. The van der Waals surface area contributed by atoms with E-state index in [0.717, 1.165) is 12.8 Å². The fraction of sp³-hybridized carbons (Fsp3) is 0.488. The molecular weight excluding hydrogens is 581 g/mol. The van der Waals surface area contributed by atoms with Crippen molar-refractivity contribution in [3.8, 4) is 11.1 Å². The molecule has 0 bridgehead atoms. The Morgan fingerprint density at radius 2 is 1.49 bits per heavy atom. The molecule has 0 aromatic heterocycles. The van der Waals surface area contributed by atoms with E-state index >= 15 is 0 Å². The van der Waals surface area contributed by atoms with Gasteiger partial charge >= 0.3 is 0 Å². The molecule has 0 saturated heterocycles. The standard InChI is InChI=1S/C24H30.C9H12.2C5H12S/c1-7-24(6,18(2)3)17-19(4)15-22-13-14-23(16-20(22)5)21-11-9-8-10-12-21;1-7-4-5-8(2)9(3)6-7;1-3-4-5-6-2;1-3-4-5(2)6/h8-14,16-17H,2,7,15H2,1,3-6H3;4-6H,1-3H3;3-5H2,1-2H3;5-6H,3-4H2,1-2H3/b19-17-;;;. The van der Waals surface area contributed by atoms with Crippen LogP contribution < -0.4 is 0 Å². The van der Waals surface area contributed by atoms with Gasteiger partial charge in [-0.05, 0) is 118 Å². The molecule has 2 unspecified atom stereocenters. The first-order valence-corrected chi connectivity index (χ1v) is 18.9. The quantitative estimate of drug-likeness (QED) is 0.123. The zero-order valence-corrected chi connectivity index (χ0v) is 32.7. The molecule has 0 nitrogen and oxygen atoms in total. The van der Waals surface area contributed by atoms with Crippen molar-refractivity contribution in [2.45, 2.75) is 120 Å². The molecule has 45 heavy (non-hydrogen) atoms. The molecule has 0 N–H and O–H groups in total. The molecule has 0 aliphatic rings. The van der Waals surface area contributed by atoms with Crippen LogP contribution in [0.2, 0.25) is 0 Å². The Morgan fingerprint density at radius 3 is 1.89 bits per heavy atom. The summed E-state index contributed by atoms with van der Waals surface area (Å²) in [4.78, 5) is 0. The molecule has 2 atom stereocenters. The molecule has 0 radical (unpaired) electrons. The van der Waals surface area contributed by atoms with Crippen molar-refractivity contribution in [2.24, 2.45) is 5.41 Å². The Morgan fingerprint density at radius 1 is 0.844 bits per heavy atom. The second-order valence-corrected chi connectivity index (χ2v) is 14.7. The van der Waals surface area contributed by atoms with Crippen molar-refractivity contribution >= 4 is 24.4 Å². The SMILES string of the molecule is C=C(C)C(C)(/C=C(/C)Cc1ccc(-c2ccccc2)cc1C)CC.CCCC(C)S.CCCCSC.Cc1ccc(C)c(C)c1. The van der Waals surface area contributed by atoms with Gasteiger partial charge in [0.2, 0.25) is 0 Å². The number of thiol groups is 1. The van der Waals surface area contributed by atoms with E-state index in [-0.39, 0.29) is 5.41 Å². The number of hydrogen-bond donors (Lipinski definition) is 1. The largest absolute Gasteiger partial charge is 0.176 e. The third-order valence-corrected chi connectivity index (χ3v) is 9.22. The van der Waals surface area contributed by atoms with Gasteiger partial charge < -0.3 is 0 Å². The first-order valence-electron chi connectivity index (χ1n) is 16.9. The summed E-state index contributed by atoms with van der Waals surface area (Å²) >= 11 is 6.10. The van der Waals surface area contributed by atoms with Gasteiger partial charge in [-0.25, -0.2) is 0 Å². The van der Waals surface area contributed by atoms with E-state index in [0.29, 0.717) is 5.25 Å². The highest BCUT2D eigenvalue weighted by molar-refractivity contribution is 7.98. The van der Waals surface area contributed by atoms with E-state index < -0.39 is 0 Å². The highest BCUT2D eigenvalue weighted by Gasteiger charge is 2.20. The fourth-order valence-electron chi connectivity index (χ4n) is 4.72. The average molecular weight is 647 g/mol. The Kier molecular flexibility index (Phi) is 22.9. The minimum atomic E-state index is 0.0992. The first kappa shape index (κ1) is 42.8.